The van der Waals surface area contributed by atoms with Crippen molar-refractivity contribution in [1.82, 2.24) is 0 Å². The molecule has 0 bridgehead atoms. The molecule has 0 aliphatic carbocycles. The molecule has 18 heavy (non-hydrogen) atoms. The van der Waals surface area contributed by atoms with Crippen LogP contribution in [0.1, 0.15) is 21.5 Å². The van der Waals surface area contributed by atoms with Crippen LogP contribution in [0.25, 0.3) is 0 Å². The molecule has 0 heterocycles. The van der Waals surface area contributed by atoms with Gasteiger partial charge in [-0.25, -0.2) is 4.39 Å². The van der Waals surface area contributed by atoms with Crippen LogP contribution >= 0.6 is 11.8 Å². The molecule has 0 aliphatic heterocycles. The van der Waals surface area contributed by atoms with E-state index in [1.54, 1.807) is 6.07 Å². The third-order valence-corrected chi connectivity index (χ3v) is 3.91. The van der Waals surface area contributed by atoms with E-state index in [0.717, 1.165) is 20.9 Å². The Kier molecular flexibility index (Phi) is 3.82. The largest absolute Gasteiger partial charge is 0.298 e. The molecule has 0 spiro atoms. The Morgan fingerprint density at radius 2 is 1.83 bits per heavy atom. The van der Waals surface area contributed by atoms with E-state index >= 15 is 0 Å². The van der Waals surface area contributed by atoms with Gasteiger partial charge in [-0.1, -0.05) is 23.9 Å². The molecule has 2 rings (SSSR count). The number of aldehydes is 1. The lowest BCUT2D eigenvalue weighted by atomic mass is 10.2. The van der Waals surface area contributed by atoms with Gasteiger partial charge in [-0.05, 0) is 49.2 Å². The zero-order valence-electron chi connectivity index (χ0n) is 10.2. The van der Waals surface area contributed by atoms with Crippen LogP contribution in [0.3, 0.4) is 0 Å². The molecule has 0 N–H and O–H groups in total. The van der Waals surface area contributed by atoms with Gasteiger partial charge in [0, 0.05) is 15.4 Å². The van der Waals surface area contributed by atoms with Crippen LogP contribution in [-0.4, -0.2) is 6.29 Å². The second kappa shape index (κ2) is 5.36. The van der Waals surface area contributed by atoms with Crippen molar-refractivity contribution in [2.75, 3.05) is 0 Å². The lowest BCUT2D eigenvalue weighted by Crippen LogP contribution is -1.89. The first-order valence-electron chi connectivity index (χ1n) is 5.60. The minimum Gasteiger partial charge on any atom is -0.298 e. The van der Waals surface area contributed by atoms with Gasteiger partial charge in [0.2, 0.25) is 0 Å². The van der Waals surface area contributed by atoms with Crippen molar-refractivity contribution >= 4 is 18.0 Å². The highest BCUT2D eigenvalue weighted by Crippen LogP contribution is 2.32. The molecule has 0 fully saturated rings. The molecule has 3 heteroatoms. The van der Waals surface area contributed by atoms with Crippen LogP contribution in [0, 0.1) is 19.7 Å². The summed E-state index contributed by atoms with van der Waals surface area (Å²) in [6.07, 6.45) is 0.691. The molecule has 2 aromatic carbocycles. The Labute approximate surface area is 110 Å². The fraction of sp³-hybridized carbons (Fsp3) is 0.133. The first kappa shape index (κ1) is 12.8. The number of rotatable bonds is 3. The van der Waals surface area contributed by atoms with Crippen molar-refractivity contribution in [1.29, 1.82) is 0 Å². The van der Waals surface area contributed by atoms with Crippen LogP contribution in [0.2, 0.25) is 0 Å². The van der Waals surface area contributed by atoms with E-state index in [1.165, 1.54) is 23.9 Å². The molecule has 0 saturated carbocycles. The number of aryl methyl sites for hydroxylation is 2. The molecule has 0 atom stereocenters. The van der Waals surface area contributed by atoms with Crippen molar-refractivity contribution in [3.63, 3.8) is 0 Å². The average Bonchev–Trinajstić information content (AvgIpc) is 2.36. The zero-order valence-corrected chi connectivity index (χ0v) is 11.1. The molecule has 0 radical (unpaired) electrons. The van der Waals surface area contributed by atoms with E-state index in [4.69, 9.17) is 0 Å². The normalized spacial score (nSPS) is 10.4. The predicted octanol–water partition coefficient (Wildman–Crippen LogP) is 4.41. The number of carbonyl (C=O) groups is 1. The van der Waals surface area contributed by atoms with Gasteiger partial charge in [-0.15, -0.1) is 0 Å². The molecule has 1 nitrogen and oxygen atoms in total. The first-order valence-corrected chi connectivity index (χ1v) is 6.41. The van der Waals surface area contributed by atoms with E-state index in [9.17, 15) is 9.18 Å². The summed E-state index contributed by atoms with van der Waals surface area (Å²) in [4.78, 5) is 12.8. The lowest BCUT2D eigenvalue weighted by molar-refractivity contribution is 0.112. The minimum absolute atomic E-state index is 0.387. The number of hydrogen-bond acceptors (Lipinski definition) is 2. The van der Waals surface area contributed by atoms with Crippen molar-refractivity contribution in [2.24, 2.45) is 0 Å². The molecule has 0 amide bonds. The van der Waals surface area contributed by atoms with Gasteiger partial charge >= 0.3 is 0 Å². The summed E-state index contributed by atoms with van der Waals surface area (Å²) < 4.78 is 13.0. The van der Waals surface area contributed by atoms with Crippen LogP contribution in [0.5, 0.6) is 0 Å². The van der Waals surface area contributed by atoms with Crippen LogP contribution in [0.15, 0.2) is 46.2 Å². The highest BCUT2D eigenvalue weighted by molar-refractivity contribution is 7.99. The van der Waals surface area contributed by atoms with E-state index in [-0.39, 0.29) is 5.82 Å². The Morgan fingerprint density at radius 3 is 2.56 bits per heavy atom. The molecule has 0 aromatic heterocycles. The molecular formula is C15H13FOS. The first-order chi connectivity index (χ1) is 8.60. The third kappa shape index (κ3) is 2.79. The van der Waals surface area contributed by atoms with Gasteiger partial charge in [-0.2, -0.15) is 0 Å². The van der Waals surface area contributed by atoms with Crippen molar-refractivity contribution < 1.29 is 9.18 Å². The number of benzene rings is 2. The maximum absolute atomic E-state index is 13.0. The Hall–Kier alpha value is -1.61. The van der Waals surface area contributed by atoms with Gasteiger partial charge in [0.15, 0.2) is 6.29 Å². The molecular weight excluding hydrogens is 247 g/mol. The standard InChI is InChI=1S/C15H13FOS/c1-10-3-4-11(2)15(7-10)18-14-6-5-13(16)8-12(14)9-17/h3-9H,1-2H3. The van der Waals surface area contributed by atoms with Crippen LogP contribution < -0.4 is 0 Å². The van der Waals surface area contributed by atoms with Crippen molar-refractivity contribution in [3.8, 4) is 0 Å². The minimum atomic E-state index is -0.387. The van der Waals surface area contributed by atoms with Gasteiger partial charge in [0.05, 0.1) is 0 Å². The maximum atomic E-state index is 13.0. The molecule has 0 unspecified atom stereocenters. The number of hydrogen-bond donors (Lipinski definition) is 0. The summed E-state index contributed by atoms with van der Waals surface area (Å²) in [5, 5.41) is 0. The summed E-state index contributed by atoms with van der Waals surface area (Å²) in [5.41, 5.74) is 2.70. The SMILES string of the molecule is Cc1ccc(C)c(Sc2ccc(F)cc2C=O)c1. The van der Waals surface area contributed by atoms with Crippen LogP contribution in [-0.2, 0) is 0 Å². The Balaban J connectivity index is 2.39. The van der Waals surface area contributed by atoms with E-state index in [2.05, 4.69) is 6.07 Å². The van der Waals surface area contributed by atoms with Crippen molar-refractivity contribution in [2.45, 2.75) is 23.6 Å². The summed E-state index contributed by atoms with van der Waals surface area (Å²) in [6, 6.07) is 10.4. The third-order valence-electron chi connectivity index (χ3n) is 2.66. The summed E-state index contributed by atoms with van der Waals surface area (Å²) >= 11 is 1.49. The Morgan fingerprint density at radius 1 is 1.06 bits per heavy atom. The number of halogens is 1. The predicted molar refractivity (Wildman–Crippen MR) is 71.8 cm³/mol. The van der Waals surface area contributed by atoms with Gasteiger partial charge in [-0.3, -0.25) is 4.79 Å². The zero-order chi connectivity index (χ0) is 13.1. The smallest absolute Gasteiger partial charge is 0.151 e. The lowest BCUT2D eigenvalue weighted by Gasteiger charge is -2.08. The highest BCUT2D eigenvalue weighted by atomic mass is 32.2. The number of carbonyl (C=O) groups excluding carboxylic acids is 1. The van der Waals surface area contributed by atoms with Gasteiger partial charge in [0.25, 0.3) is 0 Å². The summed E-state index contributed by atoms with van der Waals surface area (Å²) in [6.45, 7) is 4.04. The topological polar surface area (TPSA) is 17.1 Å². The molecule has 2 aromatic rings. The monoisotopic (exact) mass is 260 g/mol. The molecule has 0 aliphatic rings. The van der Waals surface area contributed by atoms with E-state index < -0.39 is 0 Å². The average molecular weight is 260 g/mol. The highest BCUT2D eigenvalue weighted by Gasteiger charge is 2.07. The van der Waals surface area contributed by atoms with Crippen molar-refractivity contribution in [3.05, 3.63) is 58.9 Å². The quantitative estimate of drug-likeness (QED) is 0.760. The van der Waals surface area contributed by atoms with Gasteiger partial charge < -0.3 is 0 Å². The van der Waals surface area contributed by atoms with E-state index in [1.807, 2.05) is 26.0 Å². The second-order valence-electron chi connectivity index (χ2n) is 4.17. The maximum Gasteiger partial charge on any atom is 0.151 e. The van der Waals surface area contributed by atoms with Gasteiger partial charge in [0.1, 0.15) is 5.82 Å². The summed E-state index contributed by atoms with van der Waals surface area (Å²) in [5.74, 6) is -0.387. The second-order valence-corrected chi connectivity index (χ2v) is 5.25. The fourth-order valence-electron chi connectivity index (χ4n) is 1.64. The molecule has 0 saturated heterocycles. The summed E-state index contributed by atoms with van der Waals surface area (Å²) in [7, 11) is 0. The van der Waals surface area contributed by atoms with E-state index in [0.29, 0.717) is 11.8 Å². The van der Waals surface area contributed by atoms with Crippen LogP contribution in [0.4, 0.5) is 4.39 Å². The molecule has 92 valence electrons. The Bertz CT molecular complexity index is 593. The fourth-order valence-corrected chi connectivity index (χ4v) is 2.71.